The Labute approximate surface area is 110 Å². The highest BCUT2D eigenvalue weighted by Crippen LogP contribution is 2.33. The zero-order valence-corrected chi connectivity index (χ0v) is 11.0. The van der Waals surface area contributed by atoms with Gasteiger partial charge in [-0.2, -0.15) is 0 Å². The van der Waals surface area contributed by atoms with Crippen molar-refractivity contribution in [3.8, 4) is 0 Å². The molecule has 1 unspecified atom stereocenters. The van der Waals surface area contributed by atoms with Crippen LogP contribution in [0.15, 0.2) is 12.2 Å². The first kappa shape index (κ1) is 13.4. The molecular weight excluding hydrogens is 256 g/mol. The van der Waals surface area contributed by atoms with Gasteiger partial charge in [0.05, 0.1) is 6.10 Å². The normalized spacial score (nSPS) is 40.9. The van der Waals surface area contributed by atoms with Gasteiger partial charge in [0.1, 0.15) is 11.7 Å². The second-order valence-corrected chi connectivity index (χ2v) is 5.10. The Morgan fingerprint density at radius 2 is 2.33 bits per heavy atom. The van der Waals surface area contributed by atoms with Crippen molar-refractivity contribution in [2.75, 3.05) is 6.54 Å². The number of hydrogen-bond acceptors (Lipinski definition) is 5. The molecule has 0 bridgehead atoms. The van der Waals surface area contributed by atoms with E-state index in [1.54, 1.807) is 17.9 Å². The zero-order valence-electron chi connectivity index (χ0n) is 10.2. The quantitative estimate of drug-likeness (QED) is 0.538. The van der Waals surface area contributed by atoms with Crippen molar-refractivity contribution >= 4 is 23.2 Å². The molecule has 7 heteroatoms. The van der Waals surface area contributed by atoms with Gasteiger partial charge in [0.15, 0.2) is 11.3 Å². The summed E-state index contributed by atoms with van der Waals surface area (Å²) in [6.45, 7) is 3.50. The number of carbonyl (C=O) groups excluding carboxylic acids is 1. The Kier molecular flexibility index (Phi) is 3.41. The van der Waals surface area contributed by atoms with Crippen LogP contribution in [-0.2, 0) is 9.53 Å². The smallest absolute Gasteiger partial charge is 0.249 e. The zero-order chi connectivity index (χ0) is 13.5. The molecule has 18 heavy (non-hydrogen) atoms. The van der Waals surface area contributed by atoms with Crippen LogP contribution < -0.4 is 5.32 Å². The van der Waals surface area contributed by atoms with Crippen LogP contribution in [0, 0.1) is 0 Å². The van der Waals surface area contributed by atoms with Crippen LogP contribution in [0.2, 0.25) is 0 Å². The number of amides is 1. The number of carbonyl (C=O) groups is 1. The van der Waals surface area contributed by atoms with Gasteiger partial charge in [0.25, 0.3) is 0 Å². The Balaban J connectivity index is 2.24. The topological polar surface area (TPSA) is 82.0 Å². The molecule has 0 aromatic rings. The van der Waals surface area contributed by atoms with E-state index in [9.17, 15) is 15.0 Å². The van der Waals surface area contributed by atoms with Crippen LogP contribution in [0.4, 0.5) is 0 Å². The summed E-state index contributed by atoms with van der Waals surface area (Å²) in [6.07, 6.45) is 0.696. The van der Waals surface area contributed by atoms with Crippen molar-refractivity contribution in [2.45, 2.75) is 37.9 Å². The van der Waals surface area contributed by atoms with Crippen molar-refractivity contribution in [3.05, 3.63) is 12.2 Å². The second kappa shape index (κ2) is 4.58. The molecule has 6 nitrogen and oxygen atoms in total. The molecule has 0 radical (unpaired) electrons. The average molecular weight is 272 g/mol. The average Bonchev–Trinajstić information content (AvgIpc) is 2.42. The highest BCUT2D eigenvalue weighted by molar-refractivity contribution is 7.80. The first-order valence-electron chi connectivity index (χ1n) is 5.68. The van der Waals surface area contributed by atoms with Crippen LogP contribution in [0.5, 0.6) is 0 Å². The van der Waals surface area contributed by atoms with Crippen LogP contribution in [0.25, 0.3) is 0 Å². The monoisotopic (exact) mass is 272 g/mol. The van der Waals surface area contributed by atoms with Gasteiger partial charge < -0.3 is 19.8 Å². The Morgan fingerprint density at radius 1 is 1.67 bits per heavy atom. The van der Waals surface area contributed by atoms with Crippen molar-refractivity contribution in [1.82, 2.24) is 10.2 Å². The third kappa shape index (κ3) is 2.14. The SMILES string of the molecule is CC1O[C@@H](N2CC=CC(=O)NC2=S)[C@](C)(O)[C@@H]1O. The molecule has 2 aliphatic heterocycles. The summed E-state index contributed by atoms with van der Waals surface area (Å²) < 4.78 is 5.54. The van der Waals surface area contributed by atoms with E-state index in [1.807, 2.05) is 0 Å². The summed E-state index contributed by atoms with van der Waals surface area (Å²) in [4.78, 5) is 12.8. The van der Waals surface area contributed by atoms with E-state index in [-0.39, 0.29) is 11.0 Å². The lowest BCUT2D eigenvalue weighted by molar-refractivity contribution is -0.116. The molecule has 100 valence electrons. The molecule has 1 saturated heterocycles. The van der Waals surface area contributed by atoms with Gasteiger partial charge in [-0.3, -0.25) is 10.1 Å². The van der Waals surface area contributed by atoms with Crippen molar-refractivity contribution < 1.29 is 19.7 Å². The van der Waals surface area contributed by atoms with E-state index < -0.39 is 24.0 Å². The van der Waals surface area contributed by atoms with E-state index in [4.69, 9.17) is 17.0 Å². The maximum Gasteiger partial charge on any atom is 0.249 e. The van der Waals surface area contributed by atoms with E-state index in [1.165, 1.54) is 13.0 Å². The summed E-state index contributed by atoms with van der Waals surface area (Å²) in [5.74, 6) is -0.311. The molecule has 2 rings (SSSR count). The minimum absolute atomic E-state index is 0.177. The largest absolute Gasteiger partial charge is 0.387 e. The highest BCUT2D eigenvalue weighted by atomic mass is 32.1. The minimum Gasteiger partial charge on any atom is -0.387 e. The first-order valence-corrected chi connectivity index (χ1v) is 6.09. The number of nitrogens with one attached hydrogen (secondary N) is 1. The van der Waals surface area contributed by atoms with Crippen LogP contribution in [-0.4, -0.2) is 56.7 Å². The lowest BCUT2D eigenvalue weighted by Crippen LogP contribution is -2.56. The summed E-state index contributed by atoms with van der Waals surface area (Å²) in [6, 6.07) is 0. The number of nitrogens with zero attached hydrogens (tertiary/aromatic N) is 1. The Bertz CT molecular complexity index is 410. The Morgan fingerprint density at radius 3 is 2.89 bits per heavy atom. The third-order valence-electron chi connectivity index (χ3n) is 3.23. The van der Waals surface area contributed by atoms with E-state index >= 15 is 0 Å². The van der Waals surface area contributed by atoms with Gasteiger partial charge in [-0.1, -0.05) is 6.08 Å². The first-order chi connectivity index (χ1) is 8.34. The van der Waals surface area contributed by atoms with Gasteiger partial charge in [0.2, 0.25) is 5.91 Å². The molecule has 0 saturated carbocycles. The lowest BCUT2D eigenvalue weighted by Gasteiger charge is -2.35. The number of aliphatic hydroxyl groups is 2. The number of thiocarbonyl (C=S) groups is 1. The number of rotatable bonds is 1. The number of ether oxygens (including phenoxy) is 1. The van der Waals surface area contributed by atoms with Crippen LogP contribution in [0.1, 0.15) is 13.8 Å². The maximum absolute atomic E-state index is 11.3. The molecule has 0 aromatic heterocycles. The summed E-state index contributed by atoms with van der Waals surface area (Å²) in [5, 5.41) is 22.9. The highest BCUT2D eigenvalue weighted by Gasteiger charge is 2.53. The molecule has 4 atom stereocenters. The van der Waals surface area contributed by atoms with Crippen LogP contribution >= 0.6 is 12.2 Å². The molecule has 0 spiro atoms. The molecule has 0 aromatic carbocycles. The van der Waals surface area contributed by atoms with Gasteiger partial charge in [-0.25, -0.2) is 0 Å². The predicted octanol–water partition coefficient (Wildman–Crippen LogP) is -0.884. The molecule has 2 aliphatic rings. The number of hydrogen-bond donors (Lipinski definition) is 3. The second-order valence-electron chi connectivity index (χ2n) is 4.71. The fraction of sp³-hybridized carbons (Fsp3) is 0.636. The van der Waals surface area contributed by atoms with Crippen molar-refractivity contribution in [1.29, 1.82) is 0 Å². The number of aliphatic hydroxyl groups excluding tert-OH is 1. The molecule has 1 amide bonds. The molecule has 2 heterocycles. The van der Waals surface area contributed by atoms with Crippen LogP contribution in [0.3, 0.4) is 0 Å². The summed E-state index contributed by atoms with van der Waals surface area (Å²) in [7, 11) is 0. The maximum atomic E-state index is 11.3. The minimum atomic E-state index is -1.45. The predicted molar refractivity (Wildman–Crippen MR) is 67.6 cm³/mol. The van der Waals surface area contributed by atoms with Gasteiger partial charge >= 0.3 is 0 Å². The third-order valence-corrected chi connectivity index (χ3v) is 3.57. The van der Waals surface area contributed by atoms with Gasteiger partial charge in [-0.15, -0.1) is 0 Å². The summed E-state index contributed by atoms with van der Waals surface area (Å²) in [5.41, 5.74) is -1.45. The Hall–Kier alpha value is -1.02. The van der Waals surface area contributed by atoms with Gasteiger partial charge in [-0.05, 0) is 26.1 Å². The van der Waals surface area contributed by atoms with E-state index in [0.29, 0.717) is 6.54 Å². The molecular formula is C11H16N2O4S. The molecule has 1 fully saturated rings. The fourth-order valence-electron chi connectivity index (χ4n) is 2.20. The van der Waals surface area contributed by atoms with Crippen molar-refractivity contribution in [2.24, 2.45) is 0 Å². The molecule has 0 aliphatic carbocycles. The van der Waals surface area contributed by atoms with E-state index in [2.05, 4.69) is 5.32 Å². The van der Waals surface area contributed by atoms with E-state index in [0.717, 1.165) is 0 Å². The van der Waals surface area contributed by atoms with Crippen molar-refractivity contribution in [3.63, 3.8) is 0 Å². The van der Waals surface area contributed by atoms with Gasteiger partial charge in [0, 0.05) is 12.6 Å². The fourth-order valence-corrected chi connectivity index (χ4v) is 2.47. The standard InChI is InChI=1S/C11H16N2O4S/c1-6-8(15)11(2,16)9(17-6)13-5-3-4-7(14)12-10(13)18/h3-4,6,8-9,15-16H,5H2,1-2H3,(H,12,14,18)/t6?,8-,9-,11-/m1/s1. The lowest BCUT2D eigenvalue weighted by atomic mass is 9.96. The summed E-state index contributed by atoms with van der Waals surface area (Å²) >= 11 is 5.09. The molecule has 3 N–H and O–H groups in total.